The predicted molar refractivity (Wildman–Crippen MR) is 139 cm³/mol. The fourth-order valence-electron chi connectivity index (χ4n) is 5.03. The number of nitrogen functional groups attached to an aromatic ring is 1. The number of hydrogen-bond acceptors (Lipinski definition) is 11. The van der Waals surface area contributed by atoms with Crippen LogP contribution < -0.4 is 10.6 Å². The number of amides is 1. The molecule has 2 aromatic rings. The van der Waals surface area contributed by atoms with Crippen LogP contribution in [0, 0.1) is 6.92 Å². The molecular weight excluding hydrogens is 480 g/mol. The van der Waals surface area contributed by atoms with Gasteiger partial charge in [-0.3, -0.25) is 9.69 Å². The first kappa shape index (κ1) is 24.9. The van der Waals surface area contributed by atoms with Gasteiger partial charge in [0.15, 0.2) is 6.17 Å². The van der Waals surface area contributed by atoms with Crippen molar-refractivity contribution in [3.05, 3.63) is 33.3 Å². The smallest absolute Gasteiger partial charge is 0.251 e. The lowest BCUT2D eigenvalue weighted by Crippen LogP contribution is -2.50. The minimum Gasteiger partial charge on any atom is -0.384 e. The van der Waals surface area contributed by atoms with Gasteiger partial charge in [0.2, 0.25) is 5.95 Å². The summed E-state index contributed by atoms with van der Waals surface area (Å²) >= 11 is 1.80. The highest BCUT2D eigenvalue weighted by Gasteiger charge is 2.35. The standard InChI is InChI=1S/C24H34N8O3S/c1-15-18(14-30-4-6-32(7-5-30)23(34)16(2)33)36-20-19(15)29(3)21(17-12-26-24(25)27-13-17)28-22(20)31-8-10-35-11-9-31/h12-13,16,21,33H,4-11,14H2,1-3H3,(H2,25,26,27). The summed E-state index contributed by atoms with van der Waals surface area (Å²) in [4.78, 5) is 36.9. The Morgan fingerprint density at radius 1 is 1.19 bits per heavy atom. The normalized spacial score (nSPS) is 21.8. The highest BCUT2D eigenvalue weighted by molar-refractivity contribution is 7.15. The zero-order chi connectivity index (χ0) is 25.4. The van der Waals surface area contributed by atoms with Crippen molar-refractivity contribution in [1.82, 2.24) is 24.7 Å². The third kappa shape index (κ3) is 4.77. The van der Waals surface area contributed by atoms with Gasteiger partial charge in [0.05, 0.1) is 23.8 Å². The van der Waals surface area contributed by atoms with Gasteiger partial charge in [-0.1, -0.05) is 0 Å². The summed E-state index contributed by atoms with van der Waals surface area (Å²) in [6.07, 6.45) is 2.32. The van der Waals surface area contributed by atoms with Gasteiger partial charge in [-0.05, 0) is 19.4 Å². The Kier molecular flexibility index (Phi) is 7.11. The van der Waals surface area contributed by atoms with Crippen LogP contribution in [0.25, 0.3) is 0 Å². The van der Waals surface area contributed by atoms with Crippen LogP contribution >= 0.6 is 11.3 Å². The summed E-state index contributed by atoms with van der Waals surface area (Å²) in [5.41, 5.74) is 9.08. The molecule has 0 aliphatic carbocycles. The van der Waals surface area contributed by atoms with Gasteiger partial charge >= 0.3 is 0 Å². The van der Waals surface area contributed by atoms with E-state index in [2.05, 4.69) is 38.6 Å². The summed E-state index contributed by atoms with van der Waals surface area (Å²) in [7, 11) is 2.07. The van der Waals surface area contributed by atoms with Crippen molar-refractivity contribution in [3.8, 4) is 0 Å². The van der Waals surface area contributed by atoms with E-state index in [-0.39, 0.29) is 18.0 Å². The van der Waals surface area contributed by atoms with Crippen molar-refractivity contribution in [2.45, 2.75) is 32.7 Å². The minimum atomic E-state index is -0.948. The third-order valence-corrected chi connectivity index (χ3v) is 8.35. The van der Waals surface area contributed by atoms with Crippen molar-refractivity contribution in [3.63, 3.8) is 0 Å². The van der Waals surface area contributed by atoms with Crippen LogP contribution in [0.15, 0.2) is 17.4 Å². The maximum absolute atomic E-state index is 12.1. The Morgan fingerprint density at radius 3 is 2.50 bits per heavy atom. The van der Waals surface area contributed by atoms with Gasteiger partial charge in [-0.25, -0.2) is 15.0 Å². The number of aliphatic hydroxyl groups excluding tert-OH is 1. The third-order valence-electron chi connectivity index (χ3n) is 7.09. The van der Waals surface area contributed by atoms with Crippen molar-refractivity contribution in [2.75, 3.05) is 70.2 Å². The number of carbonyl (C=O) groups excluding carboxylic acids is 1. The Bertz CT molecular complexity index is 1120. The molecule has 12 heteroatoms. The quantitative estimate of drug-likeness (QED) is 0.606. The number of thiophene rings is 1. The maximum atomic E-state index is 12.1. The Labute approximate surface area is 215 Å². The molecular formula is C24H34N8O3S. The topological polar surface area (TPSA) is 124 Å². The average molecular weight is 515 g/mol. The van der Waals surface area contributed by atoms with Gasteiger partial charge in [0, 0.05) is 75.7 Å². The summed E-state index contributed by atoms with van der Waals surface area (Å²) in [6.45, 7) is 10.4. The van der Waals surface area contributed by atoms with E-state index in [1.807, 2.05) is 0 Å². The number of aliphatic hydroxyl groups is 1. The van der Waals surface area contributed by atoms with E-state index in [9.17, 15) is 9.90 Å². The summed E-state index contributed by atoms with van der Waals surface area (Å²) in [5, 5.41) is 9.63. The number of piperazine rings is 1. The molecule has 3 aliphatic heterocycles. The van der Waals surface area contributed by atoms with E-state index in [1.54, 1.807) is 28.6 Å². The molecule has 0 aromatic carbocycles. The lowest BCUT2D eigenvalue weighted by Gasteiger charge is -2.37. The number of hydrogen-bond donors (Lipinski definition) is 2. The number of anilines is 2. The fourth-order valence-corrected chi connectivity index (χ4v) is 6.44. The van der Waals surface area contributed by atoms with E-state index in [4.69, 9.17) is 15.5 Å². The lowest BCUT2D eigenvalue weighted by molar-refractivity contribution is -0.141. The Morgan fingerprint density at radius 2 is 1.86 bits per heavy atom. The second-order valence-electron chi connectivity index (χ2n) is 9.52. The number of aliphatic imine (C=N–C) groups is 1. The minimum absolute atomic E-state index is 0.192. The summed E-state index contributed by atoms with van der Waals surface area (Å²) in [6, 6.07) is 0. The number of morpholine rings is 1. The zero-order valence-electron chi connectivity index (χ0n) is 21.1. The summed E-state index contributed by atoms with van der Waals surface area (Å²) in [5.74, 6) is 1.06. The molecule has 0 radical (unpaired) electrons. The van der Waals surface area contributed by atoms with Crippen LogP contribution in [-0.2, 0) is 16.1 Å². The molecule has 11 nitrogen and oxygen atoms in total. The largest absolute Gasteiger partial charge is 0.384 e. The van der Waals surface area contributed by atoms with E-state index in [1.165, 1.54) is 27.9 Å². The molecule has 5 rings (SSSR count). The van der Waals surface area contributed by atoms with Gasteiger partial charge in [-0.2, -0.15) is 0 Å². The molecule has 2 fully saturated rings. The average Bonchev–Trinajstić information content (AvgIpc) is 3.21. The molecule has 5 heterocycles. The number of rotatable bonds is 4. The van der Waals surface area contributed by atoms with Crippen molar-refractivity contribution in [1.29, 1.82) is 0 Å². The molecule has 2 unspecified atom stereocenters. The molecule has 2 aromatic heterocycles. The van der Waals surface area contributed by atoms with E-state index >= 15 is 0 Å². The van der Waals surface area contributed by atoms with E-state index in [0.29, 0.717) is 26.3 Å². The first-order valence-electron chi connectivity index (χ1n) is 12.4. The lowest BCUT2D eigenvalue weighted by atomic mass is 10.1. The SMILES string of the molecule is Cc1c(CN2CCN(C(=O)C(C)O)CC2)sc2c1N(C)C(c1cnc(N)nc1)N=C2N1CCOCC1. The predicted octanol–water partition coefficient (Wildman–Crippen LogP) is 0.681. The number of amidine groups is 1. The molecule has 3 N–H and O–H groups in total. The maximum Gasteiger partial charge on any atom is 0.251 e. The van der Waals surface area contributed by atoms with Crippen LogP contribution in [0.3, 0.4) is 0 Å². The second kappa shape index (κ2) is 10.3. The van der Waals surface area contributed by atoms with Crippen LogP contribution in [0.1, 0.15) is 34.0 Å². The molecule has 2 saturated heterocycles. The van der Waals surface area contributed by atoms with Crippen LogP contribution in [0.4, 0.5) is 11.6 Å². The number of carbonyl (C=O) groups is 1. The van der Waals surface area contributed by atoms with Crippen LogP contribution in [0.5, 0.6) is 0 Å². The number of nitrogens with zero attached hydrogens (tertiary/aromatic N) is 7. The molecule has 36 heavy (non-hydrogen) atoms. The summed E-state index contributed by atoms with van der Waals surface area (Å²) < 4.78 is 5.61. The van der Waals surface area contributed by atoms with E-state index < -0.39 is 6.10 Å². The molecule has 0 spiro atoms. The van der Waals surface area contributed by atoms with Crippen molar-refractivity contribution < 1.29 is 14.6 Å². The Balaban J connectivity index is 1.42. The van der Waals surface area contributed by atoms with Gasteiger partial charge in [0.25, 0.3) is 5.91 Å². The van der Waals surface area contributed by atoms with Crippen LogP contribution in [0.2, 0.25) is 0 Å². The van der Waals surface area contributed by atoms with Crippen molar-refractivity contribution in [2.24, 2.45) is 4.99 Å². The van der Waals surface area contributed by atoms with Gasteiger partial charge in [-0.15, -0.1) is 11.3 Å². The Hall–Kier alpha value is -2.80. The number of ether oxygens (including phenoxy) is 1. The second-order valence-corrected chi connectivity index (χ2v) is 10.6. The van der Waals surface area contributed by atoms with E-state index in [0.717, 1.165) is 44.1 Å². The molecule has 1 amide bonds. The highest BCUT2D eigenvalue weighted by Crippen LogP contribution is 2.44. The number of aromatic nitrogens is 2. The molecule has 0 bridgehead atoms. The first-order valence-corrected chi connectivity index (χ1v) is 13.2. The fraction of sp³-hybridized carbons (Fsp3) is 0.583. The molecule has 194 valence electrons. The number of nitrogens with two attached hydrogens (primary N) is 1. The first-order chi connectivity index (χ1) is 17.3. The van der Waals surface area contributed by atoms with Gasteiger partial charge in [0.1, 0.15) is 11.9 Å². The number of fused-ring (bicyclic) bond motifs is 1. The highest BCUT2D eigenvalue weighted by atomic mass is 32.1. The molecule has 2 atom stereocenters. The van der Waals surface area contributed by atoms with Gasteiger partial charge < -0.3 is 30.3 Å². The molecule has 3 aliphatic rings. The molecule has 0 saturated carbocycles. The van der Waals surface area contributed by atoms with Crippen molar-refractivity contribution >= 4 is 34.7 Å². The monoisotopic (exact) mass is 514 g/mol. The van der Waals surface area contributed by atoms with Crippen LogP contribution in [-0.4, -0.2) is 107 Å². The zero-order valence-corrected chi connectivity index (χ0v) is 21.9.